The normalized spacial score (nSPS) is 21.3. The Kier molecular flexibility index (Phi) is 3.93. The molecule has 116 valence electrons. The number of benzene rings is 1. The molecule has 3 rings (SSSR count). The first-order valence-electron chi connectivity index (χ1n) is 7.32. The van der Waals surface area contributed by atoms with E-state index in [-0.39, 0.29) is 11.3 Å². The summed E-state index contributed by atoms with van der Waals surface area (Å²) < 4.78 is 0. The average molecular weight is 319 g/mol. The minimum absolute atomic E-state index is 0.0151. The van der Waals surface area contributed by atoms with Crippen LogP contribution in [0.5, 0.6) is 0 Å². The Balaban J connectivity index is 1.80. The molecule has 5 nitrogen and oxygen atoms in total. The van der Waals surface area contributed by atoms with Crippen LogP contribution in [-0.2, 0) is 0 Å². The second kappa shape index (κ2) is 5.74. The van der Waals surface area contributed by atoms with Crippen LogP contribution in [0.1, 0.15) is 23.8 Å². The van der Waals surface area contributed by atoms with E-state index in [0.717, 1.165) is 18.5 Å². The number of aromatic nitrogens is 2. The lowest BCUT2D eigenvalue weighted by molar-refractivity contribution is 0.0771. The number of likely N-dealkylation sites (tertiary alicyclic amines) is 1. The summed E-state index contributed by atoms with van der Waals surface area (Å²) in [5.41, 5.74) is 7.78. The van der Waals surface area contributed by atoms with E-state index in [1.807, 2.05) is 23.1 Å². The second-order valence-electron chi connectivity index (χ2n) is 6.14. The quantitative estimate of drug-likeness (QED) is 0.913. The third-order valence-corrected chi connectivity index (χ3v) is 4.63. The minimum atomic E-state index is -0.0389. The van der Waals surface area contributed by atoms with Gasteiger partial charge >= 0.3 is 0 Å². The van der Waals surface area contributed by atoms with E-state index >= 15 is 0 Å². The van der Waals surface area contributed by atoms with Crippen molar-refractivity contribution >= 4 is 17.5 Å². The topological polar surface area (TPSA) is 75.0 Å². The van der Waals surface area contributed by atoms with Crippen molar-refractivity contribution in [1.29, 1.82) is 0 Å². The van der Waals surface area contributed by atoms with Crippen LogP contribution in [0.2, 0.25) is 5.02 Å². The van der Waals surface area contributed by atoms with Crippen molar-refractivity contribution in [2.45, 2.75) is 13.3 Å². The number of amides is 1. The van der Waals surface area contributed by atoms with E-state index in [1.165, 1.54) is 0 Å². The smallest absolute Gasteiger partial charge is 0.271 e. The molecule has 1 saturated heterocycles. The molecule has 6 heteroatoms. The van der Waals surface area contributed by atoms with Gasteiger partial charge in [0, 0.05) is 18.7 Å². The van der Waals surface area contributed by atoms with Crippen molar-refractivity contribution in [2.24, 2.45) is 11.1 Å². The van der Waals surface area contributed by atoms with Crippen LogP contribution in [0, 0.1) is 5.41 Å². The molecule has 1 aromatic carbocycles. The first kappa shape index (κ1) is 15.1. The average Bonchev–Trinajstić information content (AvgIpc) is 3.15. The highest BCUT2D eigenvalue weighted by Crippen LogP contribution is 2.30. The lowest BCUT2D eigenvalue weighted by Crippen LogP contribution is -2.34. The summed E-state index contributed by atoms with van der Waals surface area (Å²) in [4.78, 5) is 14.4. The van der Waals surface area contributed by atoms with Crippen molar-refractivity contribution < 1.29 is 4.79 Å². The van der Waals surface area contributed by atoms with E-state index in [0.29, 0.717) is 29.5 Å². The van der Waals surface area contributed by atoms with Crippen LogP contribution < -0.4 is 5.73 Å². The van der Waals surface area contributed by atoms with Gasteiger partial charge in [-0.1, -0.05) is 36.7 Å². The van der Waals surface area contributed by atoms with Crippen LogP contribution in [-0.4, -0.2) is 40.6 Å². The first-order valence-corrected chi connectivity index (χ1v) is 7.70. The highest BCUT2D eigenvalue weighted by Gasteiger charge is 2.35. The Bertz CT molecular complexity index is 699. The molecule has 2 aromatic rings. The van der Waals surface area contributed by atoms with Gasteiger partial charge in [-0.25, -0.2) is 0 Å². The number of hydrogen-bond acceptors (Lipinski definition) is 3. The SMILES string of the molecule is CC1(CN)CCN(C(=O)c2cc(-c3ccccc3Cl)n[nH]2)C1. The van der Waals surface area contributed by atoms with Gasteiger partial charge in [0.1, 0.15) is 5.69 Å². The zero-order chi connectivity index (χ0) is 15.7. The molecule has 1 fully saturated rings. The summed E-state index contributed by atoms with van der Waals surface area (Å²) in [6.07, 6.45) is 0.931. The Morgan fingerprint density at radius 1 is 1.50 bits per heavy atom. The number of carbonyl (C=O) groups is 1. The van der Waals surface area contributed by atoms with E-state index in [9.17, 15) is 4.79 Å². The van der Waals surface area contributed by atoms with Crippen LogP contribution >= 0.6 is 11.6 Å². The molecule has 0 bridgehead atoms. The first-order chi connectivity index (χ1) is 10.5. The molecule has 0 saturated carbocycles. The molecule has 1 unspecified atom stereocenters. The minimum Gasteiger partial charge on any atom is -0.337 e. The van der Waals surface area contributed by atoms with Crippen molar-refractivity contribution in [3.63, 3.8) is 0 Å². The summed E-state index contributed by atoms with van der Waals surface area (Å²) >= 11 is 6.17. The molecule has 1 aliphatic heterocycles. The molecule has 0 radical (unpaired) electrons. The molecule has 0 spiro atoms. The van der Waals surface area contributed by atoms with Gasteiger partial charge < -0.3 is 10.6 Å². The van der Waals surface area contributed by atoms with Gasteiger partial charge in [-0.3, -0.25) is 9.89 Å². The number of nitrogens with two attached hydrogens (primary N) is 1. The summed E-state index contributed by atoms with van der Waals surface area (Å²) in [6.45, 7) is 4.11. The van der Waals surface area contributed by atoms with Gasteiger partial charge in [-0.2, -0.15) is 5.10 Å². The highest BCUT2D eigenvalue weighted by atomic mass is 35.5. The maximum atomic E-state index is 12.6. The van der Waals surface area contributed by atoms with Gasteiger partial charge in [-0.15, -0.1) is 0 Å². The van der Waals surface area contributed by atoms with E-state index in [4.69, 9.17) is 17.3 Å². The molecule has 2 heterocycles. The van der Waals surface area contributed by atoms with E-state index in [2.05, 4.69) is 17.1 Å². The standard InChI is InChI=1S/C16H19ClN4O/c1-16(9-18)6-7-21(10-16)15(22)14-8-13(19-20-14)11-4-2-3-5-12(11)17/h2-5,8H,6-7,9-10,18H2,1H3,(H,19,20). The maximum absolute atomic E-state index is 12.6. The van der Waals surface area contributed by atoms with Crippen molar-refractivity contribution in [2.75, 3.05) is 19.6 Å². The summed E-state index contributed by atoms with van der Waals surface area (Å²) in [5, 5.41) is 7.65. The predicted octanol–water partition coefficient (Wildman–Crippen LogP) is 2.54. The van der Waals surface area contributed by atoms with Gasteiger partial charge in [0.2, 0.25) is 0 Å². The lowest BCUT2D eigenvalue weighted by Gasteiger charge is -2.22. The Hall–Kier alpha value is -1.85. The van der Waals surface area contributed by atoms with Crippen LogP contribution in [0.25, 0.3) is 11.3 Å². The molecular formula is C16H19ClN4O. The van der Waals surface area contributed by atoms with Crippen molar-refractivity contribution in [1.82, 2.24) is 15.1 Å². The fourth-order valence-corrected chi connectivity index (χ4v) is 3.00. The number of halogens is 1. The zero-order valence-electron chi connectivity index (χ0n) is 12.5. The number of hydrogen-bond donors (Lipinski definition) is 2. The van der Waals surface area contributed by atoms with Crippen LogP contribution in [0.4, 0.5) is 0 Å². The van der Waals surface area contributed by atoms with Crippen LogP contribution in [0.15, 0.2) is 30.3 Å². The number of nitrogens with zero attached hydrogens (tertiary/aromatic N) is 2. The fourth-order valence-electron chi connectivity index (χ4n) is 2.77. The molecule has 3 N–H and O–H groups in total. The molecule has 22 heavy (non-hydrogen) atoms. The number of H-pyrrole nitrogens is 1. The predicted molar refractivity (Wildman–Crippen MR) is 86.7 cm³/mol. The van der Waals surface area contributed by atoms with E-state index < -0.39 is 0 Å². The number of rotatable bonds is 3. The Morgan fingerprint density at radius 3 is 2.95 bits per heavy atom. The molecule has 0 aliphatic carbocycles. The Labute approximate surface area is 134 Å². The van der Waals surface area contributed by atoms with Crippen molar-refractivity contribution in [3.8, 4) is 11.3 Å². The zero-order valence-corrected chi connectivity index (χ0v) is 13.2. The van der Waals surface area contributed by atoms with Crippen LogP contribution in [0.3, 0.4) is 0 Å². The fraction of sp³-hybridized carbons (Fsp3) is 0.375. The highest BCUT2D eigenvalue weighted by molar-refractivity contribution is 6.33. The maximum Gasteiger partial charge on any atom is 0.271 e. The third kappa shape index (κ3) is 2.74. The van der Waals surface area contributed by atoms with Crippen molar-refractivity contribution in [3.05, 3.63) is 41.0 Å². The third-order valence-electron chi connectivity index (χ3n) is 4.30. The molecule has 1 atom stereocenters. The summed E-state index contributed by atoms with van der Waals surface area (Å²) in [7, 11) is 0. The second-order valence-corrected chi connectivity index (χ2v) is 6.55. The van der Waals surface area contributed by atoms with Gasteiger partial charge in [0.05, 0.1) is 10.7 Å². The molecule has 1 aromatic heterocycles. The molecular weight excluding hydrogens is 300 g/mol. The Morgan fingerprint density at radius 2 is 2.27 bits per heavy atom. The summed E-state index contributed by atoms with van der Waals surface area (Å²) in [6, 6.07) is 9.20. The molecule has 1 amide bonds. The van der Waals surface area contributed by atoms with Gasteiger partial charge in [0.25, 0.3) is 5.91 Å². The summed E-state index contributed by atoms with van der Waals surface area (Å²) in [5.74, 6) is -0.0389. The number of carbonyl (C=O) groups excluding carboxylic acids is 1. The molecule has 1 aliphatic rings. The van der Waals surface area contributed by atoms with E-state index in [1.54, 1.807) is 12.1 Å². The van der Waals surface area contributed by atoms with Gasteiger partial charge in [0.15, 0.2) is 0 Å². The number of nitrogens with one attached hydrogen (secondary N) is 1. The largest absolute Gasteiger partial charge is 0.337 e. The monoisotopic (exact) mass is 318 g/mol. The number of aromatic amines is 1. The lowest BCUT2D eigenvalue weighted by atomic mass is 9.90. The van der Waals surface area contributed by atoms with Gasteiger partial charge in [-0.05, 0) is 30.5 Å².